The lowest BCUT2D eigenvalue weighted by Gasteiger charge is -2.16. The Kier molecular flexibility index (Phi) is 4.89. The first-order valence-corrected chi connectivity index (χ1v) is 5.44. The van der Waals surface area contributed by atoms with Crippen molar-refractivity contribution in [3.63, 3.8) is 0 Å². The maximum absolute atomic E-state index is 11.6. The van der Waals surface area contributed by atoms with Crippen LogP contribution in [0.5, 0.6) is 0 Å². The molecule has 0 bridgehead atoms. The number of aliphatic carboxylic acids is 1. The Balaban J connectivity index is 2.44. The lowest BCUT2D eigenvalue weighted by Crippen LogP contribution is -2.45. The van der Waals surface area contributed by atoms with E-state index in [1.165, 1.54) is 0 Å². The molecule has 0 aromatic heterocycles. The molecule has 4 N–H and O–H groups in total. The van der Waals surface area contributed by atoms with E-state index in [0.717, 1.165) is 6.42 Å². The number of hydrogen-bond acceptors (Lipinski definition) is 4. The van der Waals surface area contributed by atoms with Crippen molar-refractivity contribution in [1.82, 2.24) is 5.32 Å². The quantitative estimate of drug-likeness (QED) is 0.553. The fourth-order valence-corrected chi connectivity index (χ4v) is 1.59. The van der Waals surface area contributed by atoms with Gasteiger partial charge in [0.1, 0.15) is 12.1 Å². The summed E-state index contributed by atoms with van der Waals surface area (Å²) in [4.78, 5) is 33.0. The molecule has 1 heterocycles. The van der Waals surface area contributed by atoms with Gasteiger partial charge in [-0.05, 0) is 19.3 Å². The minimum Gasteiger partial charge on any atom is -0.480 e. The lowest BCUT2D eigenvalue weighted by atomic mass is 10.1. The van der Waals surface area contributed by atoms with Crippen LogP contribution < -0.4 is 11.1 Å². The van der Waals surface area contributed by atoms with Crippen LogP contribution in [0.15, 0.2) is 0 Å². The molecule has 2 atom stereocenters. The maximum atomic E-state index is 11.6. The minimum atomic E-state index is -1.18. The van der Waals surface area contributed by atoms with Gasteiger partial charge in [-0.2, -0.15) is 0 Å². The van der Waals surface area contributed by atoms with Gasteiger partial charge in [-0.3, -0.25) is 9.59 Å². The van der Waals surface area contributed by atoms with Crippen molar-refractivity contribution in [2.75, 3.05) is 6.61 Å². The number of carbonyl (C=O) groups excluding carboxylic acids is 2. The summed E-state index contributed by atoms with van der Waals surface area (Å²) in [6.45, 7) is 0.511. The molecule has 1 aliphatic rings. The number of carboxylic acids is 1. The summed E-state index contributed by atoms with van der Waals surface area (Å²) in [7, 11) is 0. The van der Waals surface area contributed by atoms with Crippen LogP contribution >= 0.6 is 0 Å². The summed E-state index contributed by atoms with van der Waals surface area (Å²) in [6.07, 6.45) is 0.710. The molecule has 0 saturated carbocycles. The third-order valence-corrected chi connectivity index (χ3v) is 2.52. The van der Waals surface area contributed by atoms with Gasteiger partial charge in [0, 0.05) is 13.0 Å². The fourth-order valence-electron chi connectivity index (χ4n) is 1.59. The van der Waals surface area contributed by atoms with Gasteiger partial charge in [-0.1, -0.05) is 0 Å². The number of nitrogens with two attached hydrogens (primary N) is 1. The van der Waals surface area contributed by atoms with E-state index in [4.69, 9.17) is 15.6 Å². The van der Waals surface area contributed by atoms with Gasteiger partial charge >= 0.3 is 5.97 Å². The van der Waals surface area contributed by atoms with Gasteiger partial charge in [-0.25, -0.2) is 4.79 Å². The second kappa shape index (κ2) is 6.19. The zero-order chi connectivity index (χ0) is 12.8. The molecule has 0 spiro atoms. The monoisotopic (exact) mass is 244 g/mol. The molecule has 1 aliphatic heterocycles. The smallest absolute Gasteiger partial charge is 0.326 e. The summed E-state index contributed by atoms with van der Waals surface area (Å²) in [5, 5.41) is 11.2. The fraction of sp³-hybridized carbons (Fsp3) is 0.700. The molecular formula is C10H16N2O5. The molecule has 7 heteroatoms. The number of nitrogens with one attached hydrogen (secondary N) is 1. The zero-order valence-electron chi connectivity index (χ0n) is 9.35. The van der Waals surface area contributed by atoms with Crippen LogP contribution in [-0.2, 0) is 19.1 Å². The molecular weight excluding hydrogens is 228 g/mol. The van der Waals surface area contributed by atoms with Gasteiger partial charge in [0.15, 0.2) is 0 Å². The number of hydrogen-bond donors (Lipinski definition) is 3. The van der Waals surface area contributed by atoms with Crippen molar-refractivity contribution in [1.29, 1.82) is 0 Å². The highest BCUT2D eigenvalue weighted by Gasteiger charge is 2.28. The summed E-state index contributed by atoms with van der Waals surface area (Å²) < 4.78 is 5.12. The molecule has 1 saturated heterocycles. The van der Waals surface area contributed by atoms with E-state index in [0.29, 0.717) is 13.0 Å². The van der Waals surface area contributed by atoms with Crippen LogP contribution in [0.3, 0.4) is 0 Å². The van der Waals surface area contributed by atoms with E-state index in [1.807, 2.05) is 0 Å². The Labute approximate surface area is 98.3 Å². The maximum Gasteiger partial charge on any atom is 0.326 e. The van der Waals surface area contributed by atoms with Crippen molar-refractivity contribution in [2.45, 2.75) is 37.8 Å². The third kappa shape index (κ3) is 4.39. The van der Waals surface area contributed by atoms with Gasteiger partial charge in [0.05, 0.1) is 0 Å². The average molecular weight is 244 g/mol. The molecule has 96 valence electrons. The minimum absolute atomic E-state index is 0.0108. The molecule has 0 aliphatic carbocycles. The summed E-state index contributed by atoms with van der Waals surface area (Å²) >= 11 is 0. The van der Waals surface area contributed by atoms with Crippen LogP contribution in [0.25, 0.3) is 0 Å². The van der Waals surface area contributed by atoms with E-state index in [-0.39, 0.29) is 12.8 Å². The Bertz CT molecular complexity index is 312. The second-order valence-corrected chi connectivity index (χ2v) is 3.91. The predicted octanol–water partition coefficient (Wildman–Crippen LogP) is -1.000. The number of ether oxygens (including phenoxy) is 1. The van der Waals surface area contributed by atoms with E-state index < -0.39 is 29.9 Å². The lowest BCUT2D eigenvalue weighted by molar-refractivity contribution is -0.144. The van der Waals surface area contributed by atoms with Crippen molar-refractivity contribution in [3.05, 3.63) is 0 Å². The molecule has 17 heavy (non-hydrogen) atoms. The van der Waals surface area contributed by atoms with Crippen molar-refractivity contribution >= 4 is 17.8 Å². The second-order valence-electron chi connectivity index (χ2n) is 3.91. The molecule has 1 rings (SSSR count). The first-order valence-electron chi connectivity index (χ1n) is 5.44. The number of carbonyl (C=O) groups is 3. The zero-order valence-corrected chi connectivity index (χ0v) is 9.35. The topological polar surface area (TPSA) is 119 Å². The predicted molar refractivity (Wildman–Crippen MR) is 57.0 cm³/mol. The normalized spacial score (nSPS) is 20.8. The number of rotatable bonds is 6. The summed E-state index contributed by atoms with van der Waals surface area (Å²) in [5.74, 6) is -2.22. The van der Waals surface area contributed by atoms with Crippen LogP contribution in [0, 0.1) is 0 Å². The van der Waals surface area contributed by atoms with E-state index in [2.05, 4.69) is 5.32 Å². The van der Waals surface area contributed by atoms with Crippen LogP contribution in [0.4, 0.5) is 0 Å². The number of primary amides is 1. The van der Waals surface area contributed by atoms with Crippen LogP contribution in [-0.4, -0.2) is 41.6 Å². The Morgan fingerprint density at radius 1 is 1.47 bits per heavy atom. The molecule has 1 fully saturated rings. The van der Waals surface area contributed by atoms with Gasteiger partial charge in [-0.15, -0.1) is 0 Å². The van der Waals surface area contributed by atoms with Crippen molar-refractivity contribution in [2.24, 2.45) is 5.73 Å². The first-order chi connectivity index (χ1) is 8.00. The molecule has 0 aromatic rings. The standard InChI is InChI=1S/C10H16N2O5/c11-8(13)4-3-6(10(15)16)12-9(14)7-2-1-5-17-7/h6-7H,1-5H2,(H2,11,13)(H,12,14)(H,15,16)/t6-,7-/m0/s1. The average Bonchev–Trinajstić information content (AvgIpc) is 2.76. The van der Waals surface area contributed by atoms with Gasteiger partial charge < -0.3 is 20.9 Å². The molecule has 7 nitrogen and oxygen atoms in total. The largest absolute Gasteiger partial charge is 0.480 e. The molecule has 0 aromatic carbocycles. The van der Waals surface area contributed by atoms with Gasteiger partial charge in [0.25, 0.3) is 0 Å². The number of carboxylic acid groups (broad SMARTS) is 1. The molecule has 0 radical (unpaired) electrons. The van der Waals surface area contributed by atoms with E-state index in [9.17, 15) is 14.4 Å². The first kappa shape index (κ1) is 13.4. The number of amides is 2. The highest BCUT2D eigenvalue weighted by molar-refractivity contribution is 5.86. The highest BCUT2D eigenvalue weighted by atomic mass is 16.5. The SMILES string of the molecule is NC(=O)CC[C@H](NC(=O)[C@@H]1CCCO1)C(=O)O. The Hall–Kier alpha value is -1.63. The third-order valence-electron chi connectivity index (χ3n) is 2.52. The van der Waals surface area contributed by atoms with Crippen molar-refractivity contribution < 1.29 is 24.2 Å². The van der Waals surface area contributed by atoms with E-state index in [1.54, 1.807) is 0 Å². The van der Waals surface area contributed by atoms with E-state index >= 15 is 0 Å². The summed E-state index contributed by atoms with van der Waals surface area (Å²) in [6, 6.07) is -1.10. The van der Waals surface area contributed by atoms with Gasteiger partial charge in [0.2, 0.25) is 11.8 Å². The van der Waals surface area contributed by atoms with Crippen LogP contribution in [0.2, 0.25) is 0 Å². The Morgan fingerprint density at radius 2 is 2.18 bits per heavy atom. The van der Waals surface area contributed by atoms with Crippen molar-refractivity contribution in [3.8, 4) is 0 Å². The highest BCUT2D eigenvalue weighted by Crippen LogP contribution is 2.12. The molecule has 0 unspecified atom stereocenters. The summed E-state index contributed by atoms with van der Waals surface area (Å²) in [5.41, 5.74) is 4.92. The van der Waals surface area contributed by atoms with Crippen LogP contribution in [0.1, 0.15) is 25.7 Å². The Morgan fingerprint density at radius 3 is 2.65 bits per heavy atom. The molecule has 2 amide bonds.